The van der Waals surface area contributed by atoms with Crippen LogP contribution in [0.2, 0.25) is 5.02 Å². The number of halogens is 1. The first-order valence-electron chi connectivity index (χ1n) is 6.67. The molecule has 0 aliphatic rings. The summed E-state index contributed by atoms with van der Waals surface area (Å²) in [4.78, 5) is 24.9. The molecule has 0 bridgehead atoms. The summed E-state index contributed by atoms with van der Waals surface area (Å²) in [5.74, 6) is -1.13. The summed E-state index contributed by atoms with van der Waals surface area (Å²) in [5.41, 5.74) is 1.88. The van der Waals surface area contributed by atoms with Crippen molar-refractivity contribution < 1.29 is 19.1 Å². The van der Waals surface area contributed by atoms with Crippen LogP contribution < -0.4 is 0 Å². The first-order valence-corrected chi connectivity index (χ1v) is 7.05. The number of carbonyl (C=O) groups excluding carboxylic acids is 1. The molecular weight excluding hydrogens is 306 g/mol. The van der Waals surface area contributed by atoms with E-state index < -0.39 is 5.97 Å². The Balaban J connectivity index is 2.18. The Kier molecular flexibility index (Phi) is 4.88. The van der Waals surface area contributed by atoms with E-state index in [2.05, 4.69) is 0 Å². The molecule has 1 heterocycles. The molecule has 0 aliphatic carbocycles. The number of carboxylic acid groups (broad SMARTS) is 1. The third kappa shape index (κ3) is 3.68. The van der Waals surface area contributed by atoms with Gasteiger partial charge in [0.2, 0.25) is 0 Å². The van der Waals surface area contributed by atoms with Crippen LogP contribution in [0.5, 0.6) is 0 Å². The standard InChI is InChI=1S/C16H16ClNO4/c1-10-9-22-13(7-14(19)20)15(10)16(21)18(2)8-11-3-5-12(17)6-4-11/h3-6,9H,7-8H2,1-2H3,(H,19,20). The fourth-order valence-corrected chi connectivity index (χ4v) is 2.30. The molecule has 1 aromatic heterocycles. The average Bonchev–Trinajstić information content (AvgIpc) is 2.80. The van der Waals surface area contributed by atoms with Gasteiger partial charge in [0.1, 0.15) is 12.2 Å². The lowest BCUT2D eigenvalue weighted by atomic mass is 10.1. The van der Waals surface area contributed by atoms with Gasteiger partial charge in [-0.25, -0.2) is 0 Å². The van der Waals surface area contributed by atoms with E-state index >= 15 is 0 Å². The van der Waals surface area contributed by atoms with Gasteiger partial charge in [0.15, 0.2) is 0 Å². The minimum atomic E-state index is -1.04. The molecule has 2 aromatic rings. The molecule has 116 valence electrons. The topological polar surface area (TPSA) is 70.7 Å². The molecule has 0 atom stereocenters. The lowest BCUT2D eigenvalue weighted by molar-refractivity contribution is -0.136. The highest BCUT2D eigenvalue weighted by atomic mass is 35.5. The summed E-state index contributed by atoms with van der Waals surface area (Å²) in [6, 6.07) is 7.20. The molecule has 6 heteroatoms. The number of amides is 1. The largest absolute Gasteiger partial charge is 0.481 e. The van der Waals surface area contributed by atoms with E-state index in [4.69, 9.17) is 21.1 Å². The van der Waals surface area contributed by atoms with Crippen LogP contribution in [-0.4, -0.2) is 28.9 Å². The quantitative estimate of drug-likeness (QED) is 0.918. The van der Waals surface area contributed by atoms with E-state index in [0.29, 0.717) is 22.7 Å². The van der Waals surface area contributed by atoms with Crippen molar-refractivity contribution >= 4 is 23.5 Å². The molecule has 1 aromatic carbocycles. The number of carbonyl (C=O) groups is 2. The normalized spacial score (nSPS) is 10.5. The Labute approximate surface area is 133 Å². The van der Waals surface area contributed by atoms with Gasteiger partial charge in [-0.2, -0.15) is 0 Å². The van der Waals surface area contributed by atoms with Crippen molar-refractivity contribution in [3.8, 4) is 0 Å². The number of aliphatic carboxylic acids is 1. The zero-order valence-corrected chi connectivity index (χ0v) is 13.1. The van der Waals surface area contributed by atoms with Gasteiger partial charge in [-0.3, -0.25) is 9.59 Å². The van der Waals surface area contributed by atoms with Crippen molar-refractivity contribution in [2.24, 2.45) is 0 Å². The van der Waals surface area contributed by atoms with Crippen LogP contribution in [-0.2, 0) is 17.8 Å². The van der Waals surface area contributed by atoms with E-state index in [-0.39, 0.29) is 18.1 Å². The molecule has 0 saturated heterocycles. The number of aryl methyl sites for hydroxylation is 1. The third-order valence-electron chi connectivity index (χ3n) is 3.26. The minimum Gasteiger partial charge on any atom is -0.481 e. The predicted molar refractivity (Wildman–Crippen MR) is 82.0 cm³/mol. The number of hydrogen-bond donors (Lipinski definition) is 1. The van der Waals surface area contributed by atoms with E-state index in [1.807, 2.05) is 12.1 Å². The minimum absolute atomic E-state index is 0.179. The molecule has 2 rings (SSSR count). The summed E-state index contributed by atoms with van der Waals surface area (Å²) in [7, 11) is 1.66. The van der Waals surface area contributed by atoms with Crippen molar-refractivity contribution in [2.75, 3.05) is 7.05 Å². The number of hydrogen-bond acceptors (Lipinski definition) is 3. The van der Waals surface area contributed by atoms with Crippen LogP contribution in [0.25, 0.3) is 0 Å². The highest BCUT2D eigenvalue weighted by Crippen LogP contribution is 2.20. The second-order valence-electron chi connectivity index (χ2n) is 5.08. The van der Waals surface area contributed by atoms with Gasteiger partial charge in [0.05, 0.1) is 11.8 Å². The van der Waals surface area contributed by atoms with E-state index in [1.54, 1.807) is 26.1 Å². The highest BCUT2D eigenvalue weighted by Gasteiger charge is 2.23. The monoisotopic (exact) mass is 321 g/mol. The van der Waals surface area contributed by atoms with Gasteiger partial charge in [-0.1, -0.05) is 23.7 Å². The van der Waals surface area contributed by atoms with E-state index in [0.717, 1.165) is 5.56 Å². The molecular formula is C16H16ClNO4. The van der Waals surface area contributed by atoms with Gasteiger partial charge in [-0.05, 0) is 24.6 Å². The number of benzene rings is 1. The molecule has 22 heavy (non-hydrogen) atoms. The third-order valence-corrected chi connectivity index (χ3v) is 3.51. The summed E-state index contributed by atoms with van der Waals surface area (Å²) < 4.78 is 5.20. The summed E-state index contributed by atoms with van der Waals surface area (Å²) in [6.45, 7) is 2.12. The Bertz CT molecular complexity index is 691. The molecule has 1 amide bonds. The molecule has 0 aliphatic heterocycles. The molecule has 0 spiro atoms. The van der Waals surface area contributed by atoms with Gasteiger partial charge in [-0.15, -0.1) is 0 Å². The first-order chi connectivity index (χ1) is 10.4. The second kappa shape index (κ2) is 6.66. The van der Waals surface area contributed by atoms with Crippen LogP contribution in [0, 0.1) is 6.92 Å². The van der Waals surface area contributed by atoms with E-state index in [9.17, 15) is 9.59 Å². The van der Waals surface area contributed by atoms with Gasteiger partial charge in [0.25, 0.3) is 5.91 Å². The fourth-order valence-electron chi connectivity index (χ4n) is 2.18. The Morgan fingerprint density at radius 3 is 2.50 bits per heavy atom. The average molecular weight is 322 g/mol. The van der Waals surface area contributed by atoms with Crippen molar-refractivity contribution in [3.63, 3.8) is 0 Å². The molecule has 0 fully saturated rings. The highest BCUT2D eigenvalue weighted by molar-refractivity contribution is 6.30. The van der Waals surface area contributed by atoms with E-state index in [1.165, 1.54) is 11.2 Å². The maximum atomic E-state index is 12.5. The summed E-state index contributed by atoms with van der Waals surface area (Å²) >= 11 is 5.83. The Morgan fingerprint density at radius 2 is 1.91 bits per heavy atom. The number of nitrogens with zero attached hydrogens (tertiary/aromatic N) is 1. The Hall–Kier alpha value is -2.27. The second-order valence-corrected chi connectivity index (χ2v) is 5.51. The van der Waals surface area contributed by atoms with Crippen LogP contribution >= 0.6 is 11.6 Å². The zero-order chi connectivity index (χ0) is 16.3. The van der Waals surface area contributed by atoms with Crippen LogP contribution in [0.4, 0.5) is 0 Å². The maximum Gasteiger partial charge on any atom is 0.311 e. The van der Waals surface area contributed by atoms with Gasteiger partial charge < -0.3 is 14.4 Å². The van der Waals surface area contributed by atoms with Crippen LogP contribution in [0.15, 0.2) is 34.9 Å². The first kappa shape index (κ1) is 16.1. The van der Waals surface area contributed by atoms with Crippen molar-refractivity contribution in [1.29, 1.82) is 0 Å². The maximum absolute atomic E-state index is 12.5. The smallest absolute Gasteiger partial charge is 0.311 e. The molecule has 5 nitrogen and oxygen atoms in total. The molecule has 0 unspecified atom stereocenters. The summed E-state index contributed by atoms with van der Waals surface area (Å²) in [5, 5.41) is 9.52. The lowest BCUT2D eigenvalue weighted by Gasteiger charge is -2.17. The molecule has 0 saturated carbocycles. The number of rotatable bonds is 5. The molecule has 0 radical (unpaired) electrons. The van der Waals surface area contributed by atoms with Crippen molar-refractivity contribution in [2.45, 2.75) is 19.9 Å². The summed E-state index contributed by atoms with van der Waals surface area (Å²) in [6.07, 6.45) is 1.09. The van der Waals surface area contributed by atoms with Gasteiger partial charge in [0, 0.05) is 24.2 Å². The van der Waals surface area contributed by atoms with Crippen molar-refractivity contribution in [3.05, 3.63) is 58.0 Å². The zero-order valence-electron chi connectivity index (χ0n) is 12.3. The number of carboxylic acids is 1. The van der Waals surface area contributed by atoms with Crippen molar-refractivity contribution in [1.82, 2.24) is 4.90 Å². The number of furan rings is 1. The molecule has 1 N–H and O–H groups in total. The Morgan fingerprint density at radius 1 is 1.27 bits per heavy atom. The van der Waals surface area contributed by atoms with Gasteiger partial charge >= 0.3 is 5.97 Å². The predicted octanol–water partition coefficient (Wildman–Crippen LogP) is 3.14. The van der Waals surface area contributed by atoms with Crippen LogP contribution in [0.3, 0.4) is 0 Å². The lowest BCUT2D eigenvalue weighted by Crippen LogP contribution is -2.27. The fraction of sp³-hybridized carbons (Fsp3) is 0.250. The SMILES string of the molecule is Cc1coc(CC(=O)O)c1C(=O)N(C)Cc1ccc(Cl)cc1. The van der Waals surface area contributed by atoms with Crippen LogP contribution in [0.1, 0.15) is 27.2 Å².